The van der Waals surface area contributed by atoms with Crippen LogP contribution in [0.25, 0.3) is 0 Å². The van der Waals surface area contributed by atoms with Crippen LogP contribution in [0, 0.1) is 0 Å². The van der Waals surface area contributed by atoms with Gasteiger partial charge in [0.2, 0.25) is 0 Å². The average Bonchev–Trinajstić information content (AvgIpc) is 2.34. The first kappa shape index (κ1) is 13.7. The topological polar surface area (TPSA) is 24.5 Å². The fourth-order valence-corrected chi connectivity index (χ4v) is 2.79. The summed E-state index contributed by atoms with van der Waals surface area (Å²) in [4.78, 5) is 2.41. The van der Waals surface area contributed by atoms with Gasteiger partial charge in [-0.3, -0.25) is 0 Å². The van der Waals surface area contributed by atoms with Crippen LogP contribution in [0.1, 0.15) is 19.8 Å². The minimum atomic E-state index is 0.527. The number of ether oxygens (including phenoxy) is 1. The number of likely N-dealkylation sites (tertiary alicyclic amines) is 1. The van der Waals surface area contributed by atoms with Crippen LogP contribution in [0.3, 0.4) is 0 Å². The van der Waals surface area contributed by atoms with Gasteiger partial charge in [-0.1, -0.05) is 15.9 Å². The maximum absolute atomic E-state index is 5.40. The van der Waals surface area contributed by atoms with Crippen LogP contribution in [-0.4, -0.2) is 37.7 Å². The third-order valence-corrected chi connectivity index (χ3v) is 4.22. The zero-order valence-corrected chi connectivity index (χ0v) is 12.8. The molecule has 0 spiro atoms. The van der Waals surface area contributed by atoms with E-state index in [9.17, 15) is 0 Å². The lowest BCUT2D eigenvalue weighted by molar-refractivity contribution is 0.190. The monoisotopic (exact) mass is 312 g/mol. The van der Waals surface area contributed by atoms with E-state index < -0.39 is 0 Å². The zero-order chi connectivity index (χ0) is 13.1. The van der Waals surface area contributed by atoms with Crippen LogP contribution < -0.4 is 10.1 Å². The Bertz CT molecular complexity index is 411. The molecule has 0 bridgehead atoms. The number of hydrogen-bond acceptors (Lipinski definition) is 3. The van der Waals surface area contributed by atoms with E-state index in [1.165, 1.54) is 12.8 Å². The van der Waals surface area contributed by atoms with E-state index in [0.29, 0.717) is 12.1 Å². The molecule has 4 heteroatoms. The number of methoxy groups -OCH3 is 1. The van der Waals surface area contributed by atoms with Gasteiger partial charge in [-0.05, 0) is 45.0 Å². The molecule has 100 valence electrons. The van der Waals surface area contributed by atoms with Crippen molar-refractivity contribution in [3.8, 4) is 5.75 Å². The first-order valence-electron chi connectivity index (χ1n) is 6.40. The summed E-state index contributed by atoms with van der Waals surface area (Å²) in [7, 11) is 3.91. The van der Waals surface area contributed by atoms with Gasteiger partial charge in [0.05, 0.1) is 12.8 Å². The Morgan fingerprint density at radius 1 is 1.44 bits per heavy atom. The van der Waals surface area contributed by atoms with Crippen molar-refractivity contribution in [1.82, 2.24) is 4.90 Å². The number of hydrogen-bond donors (Lipinski definition) is 1. The van der Waals surface area contributed by atoms with Crippen LogP contribution in [0.2, 0.25) is 0 Å². The summed E-state index contributed by atoms with van der Waals surface area (Å²) in [6.07, 6.45) is 2.35. The predicted octanol–water partition coefficient (Wildman–Crippen LogP) is 3.35. The number of rotatable bonds is 3. The number of piperidine rings is 1. The maximum atomic E-state index is 5.40. The highest BCUT2D eigenvalue weighted by Gasteiger charge is 2.23. The molecule has 1 aliphatic heterocycles. The van der Waals surface area contributed by atoms with Gasteiger partial charge in [-0.15, -0.1) is 0 Å². The van der Waals surface area contributed by atoms with Crippen molar-refractivity contribution in [1.29, 1.82) is 0 Å². The van der Waals surface area contributed by atoms with Crippen molar-refractivity contribution in [2.24, 2.45) is 0 Å². The average molecular weight is 313 g/mol. The summed E-state index contributed by atoms with van der Waals surface area (Å²) in [6.45, 7) is 3.43. The SMILES string of the molecule is COc1ccc(Br)cc1NC1CCN(C)C(C)C1. The van der Waals surface area contributed by atoms with E-state index >= 15 is 0 Å². The van der Waals surface area contributed by atoms with Crippen LogP contribution in [0.15, 0.2) is 22.7 Å². The number of benzene rings is 1. The molecule has 1 N–H and O–H groups in total. The molecule has 0 aromatic heterocycles. The van der Waals surface area contributed by atoms with Crippen molar-refractivity contribution in [3.05, 3.63) is 22.7 Å². The van der Waals surface area contributed by atoms with Crippen LogP contribution in [0.5, 0.6) is 5.75 Å². The van der Waals surface area contributed by atoms with Crippen molar-refractivity contribution < 1.29 is 4.74 Å². The van der Waals surface area contributed by atoms with Gasteiger partial charge in [0.25, 0.3) is 0 Å². The second kappa shape index (κ2) is 5.93. The van der Waals surface area contributed by atoms with E-state index in [0.717, 1.165) is 22.5 Å². The van der Waals surface area contributed by atoms with Crippen LogP contribution >= 0.6 is 15.9 Å². The summed E-state index contributed by atoms with van der Waals surface area (Å²) >= 11 is 3.51. The molecular weight excluding hydrogens is 292 g/mol. The van der Waals surface area contributed by atoms with Crippen molar-refractivity contribution in [2.75, 3.05) is 26.0 Å². The fourth-order valence-electron chi connectivity index (χ4n) is 2.43. The highest BCUT2D eigenvalue weighted by atomic mass is 79.9. The van der Waals surface area contributed by atoms with Crippen LogP contribution in [0.4, 0.5) is 5.69 Å². The molecule has 1 aliphatic rings. The molecule has 0 saturated carbocycles. The van der Waals surface area contributed by atoms with E-state index in [2.05, 4.69) is 46.2 Å². The van der Waals surface area contributed by atoms with E-state index in [-0.39, 0.29) is 0 Å². The summed E-state index contributed by atoms with van der Waals surface area (Å²) in [5.74, 6) is 0.907. The van der Waals surface area contributed by atoms with E-state index in [1.807, 2.05) is 12.1 Å². The van der Waals surface area contributed by atoms with Crippen molar-refractivity contribution >= 4 is 21.6 Å². The van der Waals surface area contributed by atoms with Gasteiger partial charge in [-0.2, -0.15) is 0 Å². The van der Waals surface area contributed by atoms with Gasteiger partial charge < -0.3 is 15.0 Å². The molecule has 1 aromatic carbocycles. The molecule has 0 amide bonds. The molecule has 1 aromatic rings. The molecule has 1 heterocycles. The third kappa shape index (κ3) is 3.18. The Kier molecular flexibility index (Phi) is 4.51. The Morgan fingerprint density at radius 2 is 2.22 bits per heavy atom. The highest BCUT2D eigenvalue weighted by molar-refractivity contribution is 9.10. The van der Waals surface area contributed by atoms with E-state index in [4.69, 9.17) is 4.74 Å². The molecule has 0 aliphatic carbocycles. The minimum Gasteiger partial charge on any atom is -0.495 e. The lowest BCUT2D eigenvalue weighted by Gasteiger charge is -2.36. The lowest BCUT2D eigenvalue weighted by atomic mass is 9.98. The molecule has 2 unspecified atom stereocenters. The normalized spacial score (nSPS) is 24.9. The predicted molar refractivity (Wildman–Crippen MR) is 79.4 cm³/mol. The Hall–Kier alpha value is -0.740. The molecule has 2 rings (SSSR count). The molecule has 1 fully saturated rings. The van der Waals surface area contributed by atoms with Gasteiger partial charge in [0.1, 0.15) is 5.75 Å². The van der Waals surface area contributed by atoms with Crippen molar-refractivity contribution in [3.63, 3.8) is 0 Å². The van der Waals surface area contributed by atoms with Gasteiger partial charge in [-0.25, -0.2) is 0 Å². The highest BCUT2D eigenvalue weighted by Crippen LogP contribution is 2.30. The summed E-state index contributed by atoms with van der Waals surface area (Å²) < 4.78 is 6.47. The number of anilines is 1. The van der Waals surface area contributed by atoms with E-state index in [1.54, 1.807) is 7.11 Å². The first-order chi connectivity index (χ1) is 8.60. The molecule has 3 nitrogen and oxygen atoms in total. The smallest absolute Gasteiger partial charge is 0.142 e. The molecule has 2 atom stereocenters. The molecule has 1 saturated heterocycles. The van der Waals surface area contributed by atoms with Crippen LogP contribution in [-0.2, 0) is 0 Å². The Labute approximate surface area is 118 Å². The molecule has 18 heavy (non-hydrogen) atoms. The Morgan fingerprint density at radius 3 is 2.89 bits per heavy atom. The maximum Gasteiger partial charge on any atom is 0.142 e. The molecule has 0 radical (unpaired) electrons. The van der Waals surface area contributed by atoms with Gasteiger partial charge in [0.15, 0.2) is 0 Å². The fraction of sp³-hybridized carbons (Fsp3) is 0.571. The second-order valence-corrected chi connectivity index (χ2v) is 5.96. The Balaban J connectivity index is 2.07. The second-order valence-electron chi connectivity index (χ2n) is 5.04. The standard InChI is InChI=1S/C14H21BrN2O/c1-10-8-12(6-7-17(10)2)16-13-9-11(15)4-5-14(13)18-3/h4-5,9-10,12,16H,6-8H2,1-3H3. The number of halogens is 1. The summed E-state index contributed by atoms with van der Waals surface area (Å²) in [6, 6.07) is 7.24. The zero-order valence-electron chi connectivity index (χ0n) is 11.2. The number of nitrogens with zero attached hydrogens (tertiary/aromatic N) is 1. The van der Waals surface area contributed by atoms with Gasteiger partial charge in [0, 0.05) is 23.1 Å². The summed E-state index contributed by atoms with van der Waals surface area (Å²) in [5.41, 5.74) is 1.08. The minimum absolute atomic E-state index is 0.527. The van der Waals surface area contributed by atoms with Crippen molar-refractivity contribution in [2.45, 2.75) is 31.8 Å². The molecular formula is C14H21BrN2O. The third-order valence-electron chi connectivity index (χ3n) is 3.73. The summed E-state index contributed by atoms with van der Waals surface area (Å²) in [5, 5.41) is 3.61. The first-order valence-corrected chi connectivity index (χ1v) is 7.19. The largest absolute Gasteiger partial charge is 0.495 e. The number of nitrogens with one attached hydrogen (secondary N) is 1. The lowest BCUT2D eigenvalue weighted by Crippen LogP contribution is -2.42. The quantitative estimate of drug-likeness (QED) is 0.926. The van der Waals surface area contributed by atoms with Gasteiger partial charge >= 0.3 is 0 Å².